The van der Waals surface area contributed by atoms with Gasteiger partial charge in [-0.25, -0.2) is 20.8 Å². The van der Waals surface area contributed by atoms with Gasteiger partial charge < -0.3 is 37.2 Å². The second kappa shape index (κ2) is 41.2. The maximum absolute atomic E-state index is 5.56. The number of aromatic nitrogens is 3. The van der Waals surface area contributed by atoms with Crippen LogP contribution in [-0.4, -0.2) is 128 Å². The molecule has 95 heavy (non-hydrogen) atoms. The molecule has 12 atom stereocenters. The van der Waals surface area contributed by atoms with Crippen LogP contribution in [0.1, 0.15) is 143 Å². The van der Waals surface area contributed by atoms with Crippen molar-refractivity contribution in [3.05, 3.63) is 220 Å². The minimum atomic E-state index is -1.59. The maximum atomic E-state index is 5.56. The third-order valence-electron chi connectivity index (χ3n) is 19.8. The van der Waals surface area contributed by atoms with E-state index in [1.54, 1.807) is 24.5 Å². The summed E-state index contributed by atoms with van der Waals surface area (Å²) < 4.78 is 0. The Labute approximate surface area is 649 Å². The fraction of sp³-hybridized carbons (Fsp3) is 0.582. The molecule has 3 aromatic heterocycles. The van der Waals surface area contributed by atoms with E-state index < -0.39 is 24.7 Å². The number of hydrogen-bond acceptors (Lipinski definition) is 6. The fourth-order valence-electron chi connectivity index (χ4n) is 17.0. The van der Waals surface area contributed by atoms with Gasteiger partial charge in [0, 0.05) is 114 Å². The third kappa shape index (κ3) is 28.2. The quantitative estimate of drug-likeness (QED) is 0.157. The summed E-state index contributed by atoms with van der Waals surface area (Å²) in [5.74, 6) is 4.37. The number of likely N-dealkylation sites (tertiary alicyclic amines) is 3. The van der Waals surface area contributed by atoms with Gasteiger partial charge in [0.25, 0.3) is 0 Å². The molecule has 0 spiro atoms. The summed E-state index contributed by atoms with van der Waals surface area (Å²) in [6, 6.07) is 17.1. The monoisotopic (exact) mass is 1460 g/mol. The standard InChI is InChI=1S/3C19H33N2Si.C7H8N.C6H5ClN.C6H6N.3CH3.3Sc/c3*1-19(2,3)20-22(4,5)18-14-17(21-12-8-9-13-21)15-10-6-7-11-16(15)18;1-6-4-3-5-7(2)8-6;1-5-4-6(7)2-3-8-5;1-6-4-2-3-5-7-6;;;;;;/h3*6-7,10-11,15-18H,8-9,12-14H2,1-5H3;3-5H,1H2,2H3;2-4H,1H2;2-5H,1H2;3*1H3;;;/q9*-1;;;. The molecule has 525 valence electrons. The number of rotatable bonds is 9. The number of halogens is 1. The first-order valence-corrected chi connectivity index (χ1v) is 43.7. The molecule has 16 heteroatoms. The van der Waals surface area contributed by atoms with Gasteiger partial charge in [0.2, 0.25) is 0 Å². The van der Waals surface area contributed by atoms with E-state index >= 15 is 0 Å². The van der Waals surface area contributed by atoms with E-state index in [1.165, 1.54) is 97.1 Å². The van der Waals surface area contributed by atoms with E-state index in [2.05, 4.69) is 225 Å². The van der Waals surface area contributed by atoms with Gasteiger partial charge in [-0.1, -0.05) is 228 Å². The molecule has 6 fully saturated rings. The summed E-state index contributed by atoms with van der Waals surface area (Å²) in [4.78, 5) is 36.1. The Hall–Kier alpha value is -1.19. The summed E-state index contributed by atoms with van der Waals surface area (Å²) in [5.41, 5.74) is 6.08. The van der Waals surface area contributed by atoms with Crippen LogP contribution in [0.25, 0.3) is 14.9 Å². The smallest absolute Gasteiger partial charge is 0.0327 e. The van der Waals surface area contributed by atoms with Gasteiger partial charge in [0.15, 0.2) is 0 Å². The molecule has 3 aromatic rings. The second-order valence-corrected chi connectivity index (χ2v) is 44.9. The van der Waals surface area contributed by atoms with Crippen LogP contribution in [0, 0.1) is 85.5 Å². The van der Waals surface area contributed by atoms with Gasteiger partial charge in [0.1, 0.15) is 0 Å². The van der Waals surface area contributed by atoms with Crippen LogP contribution >= 0.6 is 11.6 Å². The number of aryl methyl sites for hydroxylation is 1. The fourth-order valence-corrected chi connectivity index (χ4v) is 29.1. The number of hydrogen-bond donors (Lipinski definition) is 0. The first-order valence-electron chi connectivity index (χ1n) is 34.2. The average molecular weight is 1460 g/mol. The van der Waals surface area contributed by atoms with E-state index in [9.17, 15) is 0 Å². The number of pyridine rings is 3. The number of nitrogens with zero attached hydrogens (tertiary/aromatic N) is 9. The van der Waals surface area contributed by atoms with Gasteiger partial charge in [-0.15, -0.1) is 57.4 Å². The summed E-state index contributed by atoms with van der Waals surface area (Å²) in [6.45, 7) is 56.1. The van der Waals surface area contributed by atoms with Gasteiger partial charge in [-0.2, -0.15) is 18.2 Å². The van der Waals surface area contributed by atoms with Crippen LogP contribution in [0.5, 0.6) is 0 Å². The van der Waals surface area contributed by atoms with Crippen molar-refractivity contribution < 1.29 is 77.5 Å². The van der Waals surface area contributed by atoms with Crippen molar-refractivity contribution in [2.45, 2.75) is 218 Å². The molecule has 12 unspecified atom stereocenters. The van der Waals surface area contributed by atoms with E-state index in [1.807, 2.05) is 43.3 Å². The zero-order valence-electron chi connectivity index (χ0n) is 63.0. The van der Waals surface area contributed by atoms with Crippen molar-refractivity contribution in [1.29, 1.82) is 0 Å². The van der Waals surface area contributed by atoms with Gasteiger partial charge in [0.05, 0.1) is 0 Å². The SMILES string of the molecule is CC(C)(C)[N-][Si](C)(C)C1CC(N2CCCC2)C2C=CC=CC21.CC(C)(C)[N-][Si](C)(C)C1CC(N2CCCC2)C2C=CC=CC21.CC(C)(C)[N-][Si](C)(C)C1CC(N2CCCC2)C2C=CC=CC21.[CH2-]c1cc(Cl)ccn1.[CH2-]c1cccc(C)n1.[CH2-]c1ccccn1.[CH3-].[CH3-].[CH3-].[Sc].[Sc].[Sc]. The molecule has 9 nitrogen and oxygen atoms in total. The largest absolute Gasteiger partial charge is 0.660 e. The summed E-state index contributed by atoms with van der Waals surface area (Å²) in [7, 11) is -4.78. The molecule has 9 aliphatic rings. The second-order valence-electron chi connectivity index (χ2n) is 31.6. The van der Waals surface area contributed by atoms with Crippen LogP contribution in [-0.2, 0) is 77.5 Å². The Balaban J connectivity index is 0.000000594. The molecule has 6 heterocycles. The van der Waals surface area contributed by atoms with Crippen molar-refractivity contribution >= 4 is 36.3 Å². The van der Waals surface area contributed by atoms with Crippen molar-refractivity contribution in [3.63, 3.8) is 0 Å². The molecule has 0 amide bonds. The third-order valence-corrected chi connectivity index (χ3v) is 31.0. The molecule has 0 N–H and O–H groups in total. The molecular weight excluding hydrogens is 1330 g/mol. The number of allylic oxidation sites excluding steroid dienone is 9. The molecule has 3 saturated heterocycles. The summed E-state index contributed by atoms with van der Waals surface area (Å²) in [5, 5.41) is 0.685. The Morgan fingerprint density at radius 1 is 0.421 bits per heavy atom. The zero-order chi connectivity index (χ0) is 65.0. The predicted octanol–water partition coefficient (Wildman–Crippen LogP) is 21.0. The Kier molecular flexibility index (Phi) is 39.8. The predicted molar refractivity (Wildman–Crippen MR) is 412 cm³/mol. The molecule has 3 radical (unpaired) electrons. The molecular formula is C79H127ClN9Sc3Si3-9. The van der Waals surface area contributed by atoms with Crippen molar-refractivity contribution in [2.24, 2.45) is 35.5 Å². The summed E-state index contributed by atoms with van der Waals surface area (Å²) in [6.07, 6.45) is 44.5. The molecule has 0 aromatic carbocycles. The van der Waals surface area contributed by atoms with Gasteiger partial charge >= 0.3 is 0 Å². The van der Waals surface area contributed by atoms with Crippen LogP contribution in [0.3, 0.4) is 0 Å². The van der Waals surface area contributed by atoms with Crippen LogP contribution < -0.4 is 0 Å². The Morgan fingerprint density at radius 2 is 0.726 bits per heavy atom. The van der Waals surface area contributed by atoms with Crippen molar-refractivity contribution in [1.82, 2.24) is 29.7 Å². The van der Waals surface area contributed by atoms with Crippen LogP contribution in [0.4, 0.5) is 0 Å². The maximum Gasteiger partial charge on any atom is 0.0327 e. The molecule has 0 bridgehead atoms. The van der Waals surface area contributed by atoms with Crippen LogP contribution in [0.2, 0.25) is 60.9 Å². The minimum Gasteiger partial charge on any atom is -0.660 e. The molecule has 12 rings (SSSR count). The van der Waals surface area contributed by atoms with E-state index in [0.717, 1.165) is 87.3 Å². The molecule has 6 aliphatic carbocycles. The first kappa shape index (κ1) is 91.8. The molecule has 3 aliphatic heterocycles. The van der Waals surface area contributed by atoms with Crippen molar-refractivity contribution in [3.8, 4) is 0 Å². The van der Waals surface area contributed by atoms with E-state index in [0.29, 0.717) is 10.7 Å². The van der Waals surface area contributed by atoms with Crippen LogP contribution in [0.15, 0.2) is 134 Å². The first-order chi connectivity index (χ1) is 41.8. The Morgan fingerprint density at radius 3 is 0.947 bits per heavy atom. The van der Waals surface area contributed by atoms with Gasteiger partial charge in [-0.3, -0.25) is 29.7 Å². The minimum absolute atomic E-state index is 0. The van der Waals surface area contributed by atoms with E-state index in [4.69, 9.17) is 26.5 Å². The Bertz CT molecular complexity index is 2560. The number of fused-ring (bicyclic) bond motifs is 3. The molecule has 3 saturated carbocycles. The average Bonchev–Trinajstić information content (AvgIpc) is 1.64. The topological polar surface area (TPSA) is 90.7 Å². The normalized spacial score (nSPS) is 27.2. The summed E-state index contributed by atoms with van der Waals surface area (Å²) >= 11 is 5.56. The van der Waals surface area contributed by atoms with Crippen molar-refractivity contribution in [2.75, 3.05) is 39.3 Å². The van der Waals surface area contributed by atoms with E-state index in [-0.39, 0.29) is 116 Å². The van der Waals surface area contributed by atoms with Gasteiger partial charge in [-0.05, 0) is 151 Å². The zero-order valence-corrected chi connectivity index (χ0v) is 72.2.